The van der Waals surface area contributed by atoms with Gasteiger partial charge in [0.15, 0.2) is 11.5 Å². The van der Waals surface area contributed by atoms with E-state index in [1.807, 2.05) is 6.92 Å². The number of nitrogens with one attached hydrogen (secondary N) is 1. The predicted molar refractivity (Wildman–Crippen MR) is 92.4 cm³/mol. The summed E-state index contributed by atoms with van der Waals surface area (Å²) in [5.74, 6) is -1.01. The fourth-order valence-corrected chi connectivity index (χ4v) is 3.17. The van der Waals surface area contributed by atoms with Gasteiger partial charge in [-0.05, 0) is 18.6 Å². The van der Waals surface area contributed by atoms with Gasteiger partial charge in [-0.1, -0.05) is 13.3 Å². The van der Waals surface area contributed by atoms with Gasteiger partial charge in [-0.2, -0.15) is 0 Å². The van der Waals surface area contributed by atoms with Crippen LogP contribution in [-0.2, 0) is 14.4 Å². The second-order valence-electron chi connectivity index (χ2n) is 6.42. The van der Waals surface area contributed by atoms with Crippen LogP contribution in [0.3, 0.4) is 0 Å². The first-order valence-electron chi connectivity index (χ1n) is 8.72. The summed E-state index contributed by atoms with van der Waals surface area (Å²) in [6, 6.07) is 4.30. The Balaban J connectivity index is 1.68. The Morgan fingerprint density at radius 1 is 1.31 bits per heavy atom. The number of rotatable bonds is 6. The molecule has 1 fully saturated rings. The smallest absolute Gasteiger partial charge is 0.326 e. The molecule has 2 atom stereocenters. The third-order valence-electron chi connectivity index (χ3n) is 4.53. The normalized spacial score (nSPS) is 20.0. The van der Waals surface area contributed by atoms with E-state index in [0.29, 0.717) is 43.2 Å². The molecule has 0 aromatic heterocycles. The molecule has 8 nitrogen and oxygen atoms in total. The molecule has 2 aliphatic heterocycles. The van der Waals surface area contributed by atoms with E-state index in [2.05, 4.69) is 5.32 Å². The molecule has 3 rings (SSSR count). The predicted octanol–water partition coefficient (Wildman–Crippen LogP) is 1.18. The minimum atomic E-state index is -1.06. The quantitative estimate of drug-likeness (QED) is 0.787. The molecule has 1 aromatic carbocycles. The van der Waals surface area contributed by atoms with E-state index < -0.39 is 23.8 Å². The number of benzene rings is 1. The van der Waals surface area contributed by atoms with Gasteiger partial charge < -0.3 is 24.8 Å². The van der Waals surface area contributed by atoms with Crippen molar-refractivity contribution in [1.29, 1.82) is 0 Å². The number of anilines is 1. The van der Waals surface area contributed by atoms with Gasteiger partial charge in [0.25, 0.3) is 0 Å². The largest absolute Gasteiger partial charge is 0.486 e. The van der Waals surface area contributed by atoms with E-state index in [4.69, 9.17) is 9.47 Å². The lowest BCUT2D eigenvalue weighted by Crippen LogP contribution is -2.44. The summed E-state index contributed by atoms with van der Waals surface area (Å²) in [6.07, 6.45) is 1.05. The van der Waals surface area contributed by atoms with Crippen molar-refractivity contribution < 1.29 is 29.0 Å². The lowest BCUT2D eigenvalue weighted by molar-refractivity contribution is -0.142. The van der Waals surface area contributed by atoms with Gasteiger partial charge in [0.2, 0.25) is 11.8 Å². The molecular weight excluding hydrogens is 340 g/mol. The van der Waals surface area contributed by atoms with Crippen LogP contribution in [0.5, 0.6) is 11.5 Å². The van der Waals surface area contributed by atoms with Crippen LogP contribution in [0, 0.1) is 5.92 Å². The molecule has 1 aromatic rings. The Labute approximate surface area is 151 Å². The molecule has 0 spiro atoms. The number of amides is 2. The highest BCUT2D eigenvalue weighted by atomic mass is 16.6. The van der Waals surface area contributed by atoms with Crippen molar-refractivity contribution in [3.05, 3.63) is 18.2 Å². The third kappa shape index (κ3) is 3.74. The summed E-state index contributed by atoms with van der Waals surface area (Å²) < 4.78 is 11.0. The lowest BCUT2D eigenvalue weighted by atomic mass is 10.1. The van der Waals surface area contributed by atoms with Crippen molar-refractivity contribution in [2.75, 3.05) is 24.7 Å². The van der Waals surface area contributed by atoms with Gasteiger partial charge in [-0.3, -0.25) is 9.59 Å². The number of fused-ring (bicyclic) bond motifs is 1. The van der Waals surface area contributed by atoms with Crippen molar-refractivity contribution in [1.82, 2.24) is 5.32 Å². The molecule has 8 heteroatoms. The Bertz CT molecular complexity index is 720. The Morgan fingerprint density at radius 2 is 2.04 bits per heavy atom. The average Bonchev–Trinajstić information content (AvgIpc) is 3.02. The number of carbonyl (C=O) groups is 3. The van der Waals surface area contributed by atoms with Crippen molar-refractivity contribution >= 4 is 23.5 Å². The Hall–Kier alpha value is -2.77. The molecule has 2 heterocycles. The summed E-state index contributed by atoms with van der Waals surface area (Å²) in [4.78, 5) is 37.5. The first kappa shape index (κ1) is 18.0. The number of aliphatic carboxylic acids is 1. The molecule has 1 saturated heterocycles. The van der Waals surface area contributed by atoms with E-state index in [-0.39, 0.29) is 18.9 Å². The molecule has 2 amide bonds. The molecule has 0 radical (unpaired) electrons. The zero-order valence-electron chi connectivity index (χ0n) is 14.6. The molecule has 26 heavy (non-hydrogen) atoms. The molecule has 2 N–H and O–H groups in total. The molecular formula is C18H22N2O6. The summed E-state index contributed by atoms with van der Waals surface area (Å²) in [7, 11) is 0. The van der Waals surface area contributed by atoms with Gasteiger partial charge in [0.1, 0.15) is 19.3 Å². The second kappa shape index (κ2) is 7.63. The summed E-state index contributed by atoms with van der Waals surface area (Å²) in [5.41, 5.74) is 0.637. The standard InChI is InChI=1S/C18H22N2O6/c1-2-3-13(18(23)24)19-17(22)11-8-16(21)20(10-11)12-4-5-14-15(9-12)26-7-6-25-14/h4-5,9,11,13H,2-3,6-8,10H2,1H3,(H,19,22)(H,23,24). The Kier molecular flexibility index (Phi) is 5.29. The Morgan fingerprint density at radius 3 is 2.73 bits per heavy atom. The second-order valence-corrected chi connectivity index (χ2v) is 6.42. The minimum Gasteiger partial charge on any atom is -0.486 e. The zero-order chi connectivity index (χ0) is 18.7. The maximum Gasteiger partial charge on any atom is 0.326 e. The number of carboxylic acid groups (broad SMARTS) is 1. The zero-order valence-corrected chi connectivity index (χ0v) is 14.6. The summed E-state index contributed by atoms with van der Waals surface area (Å²) in [5, 5.41) is 11.7. The first-order valence-corrected chi connectivity index (χ1v) is 8.72. The van der Waals surface area contributed by atoms with E-state index in [9.17, 15) is 19.5 Å². The van der Waals surface area contributed by atoms with E-state index >= 15 is 0 Å². The molecule has 0 aliphatic carbocycles. The van der Waals surface area contributed by atoms with Crippen molar-refractivity contribution in [2.45, 2.75) is 32.2 Å². The van der Waals surface area contributed by atoms with Crippen LogP contribution in [0.4, 0.5) is 5.69 Å². The first-order chi connectivity index (χ1) is 12.5. The van der Waals surface area contributed by atoms with E-state index in [1.54, 1.807) is 18.2 Å². The number of nitrogens with zero attached hydrogens (tertiary/aromatic N) is 1. The molecule has 0 bridgehead atoms. The SMILES string of the molecule is CCCC(NC(=O)C1CC(=O)N(c2ccc3c(c2)OCCO3)C1)C(=O)O. The van der Waals surface area contributed by atoms with Gasteiger partial charge in [-0.25, -0.2) is 4.79 Å². The number of hydrogen-bond donors (Lipinski definition) is 2. The number of hydrogen-bond acceptors (Lipinski definition) is 5. The molecule has 0 saturated carbocycles. The van der Waals surface area contributed by atoms with Crippen LogP contribution in [0.1, 0.15) is 26.2 Å². The van der Waals surface area contributed by atoms with Crippen LogP contribution >= 0.6 is 0 Å². The fourth-order valence-electron chi connectivity index (χ4n) is 3.17. The summed E-state index contributed by atoms with van der Waals surface area (Å²) in [6.45, 7) is 3.00. The van der Waals surface area contributed by atoms with Crippen molar-refractivity contribution in [2.24, 2.45) is 5.92 Å². The lowest BCUT2D eigenvalue weighted by Gasteiger charge is -2.22. The number of carbonyl (C=O) groups excluding carboxylic acids is 2. The minimum absolute atomic E-state index is 0.0543. The van der Waals surface area contributed by atoms with Crippen LogP contribution < -0.4 is 19.7 Å². The van der Waals surface area contributed by atoms with Crippen molar-refractivity contribution in [3.8, 4) is 11.5 Å². The van der Waals surface area contributed by atoms with E-state index in [1.165, 1.54) is 4.90 Å². The van der Waals surface area contributed by atoms with E-state index in [0.717, 1.165) is 0 Å². The third-order valence-corrected chi connectivity index (χ3v) is 4.53. The molecule has 2 aliphatic rings. The molecule has 140 valence electrons. The van der Waals surface area contributed by atoms with Gasteiger partial charge in [0, 0.05) is 24.7 Å². The highest BCUT2D eigenvalue weighted by Crippen LogP contribution is 2.36. The highest BCUT2D eigenvalue weighted by molar-refractivity contribution is 6.01. The fraction of sp³-hybridized carbons (Fsp3) is 0.500. The average molecular weight is 362 g/mol. The van der Waals surface area contributed by atoms with Gasteiger partial charge in [0.05, 0.1) is 5.92 Å². The van der Waals surface area contributed by atoms with Crippen LogP contribution in [0.25, 0.3) is 0 Å². The van der Waals surface area contributed by atoms with Crippen LogP contribution in [0.15, 0.2) is 18.2 Å². The van der Waals surface area contributed by atoms with Crippen LogP contribution in [0.2, 0.25) is 0 Å². The number of carboxylic acids is 1. The molecule has 2 unspecified atom stereocenters. The monoisotopic (exact) mass is 362 g/mol. The number of ether oxygens (including phenoxy) is 2. The van der Waals surface area contributed by atoms with Gasteiger partial charge >= 0.3 is 5.97 Å². The van der Waals surface area contributed by atoms with Gasteiger partial charge in [-0.15, -0.1) is 0 Å². The highest BCUT2D eigenvalue weighted by Gasteiger charge is 2.36. The summed E-state index contributed by atoms with van der Waals surface area (Å²) >= 11 is 0. The topological polar surface area (TPSA) is 105 Å². The van der Waals surface area contributed by atoms with Crippen LogP contribution in [-0.4, -0.2) is 48.7 Å². The maximum absolute atomic E-state index is 12.4. The van der Waals surface area contributed by atoms with Crippen molar-refractivity contribution in [3.63, 3.8) is 0 Å². The maximum atomic E-state index is 12.4.